The molecule has 0 atom stereocenters. The normalized spacial score (nSPS) is 10.4. The molecule has 2 rings (SSSR count). The number of aryl methyl sites for hydroxylation is 1. The van der Waals surface area contributed by atoms with Crippen molar-refractivity contribution < 1.29 is 19.1 Å². The Kier molecular flexibility index (Phi) is 7.87. The number of rotatable bonds is 10. The number of hydrogen-bond acceptors (Lipinski definition) is 4. The van der Waals surface area contributed by atoms with E-state index in [1.54, 1.807) is 32.0 Å². The zero-order valence-electron chi connectivity index (χ0n) is 15.5. The second-order valence-electron chi connectivity index (χ2n) is 6.23. The highest BCUT2D eigenvalue weighted by atomic mass is 16.5. The lowest BCUT2D eigenvalue weighted by Gasteiger charge is -2.11. The molecule has 0 saturated heterocycles. The molecule has 0 amide bonds. The molecule has 0 unspecified atom stereocenters. The first kappa shape index (κ1) is 19.7. The molecule has 0 aromatic heterocycles. The van der Waals surface area contributed by atoms with Crippen molar-refractivity contribution in [3.63, 3.8) is 0 Å². The predicted octanol–water partition coefficient (Wildman–Crippen LogP) is 5.35. The van der Waals surface area contributed by atoms with Crippen molar-refractivity contribution in [2.75, 3.05) is 6.61 Å². The lowest BCUT2D eigenvalue weighted by Crippen LogP contribution is -2.06. The molecule has 0 N–H and O–H groups in total. The lowest BCUT2D eigenvalue weighted by atomic mass is 10.1. The topological polar surface area (TPSA) is 52.6 Å². The van der Waals surface area contributed by atoms with Crippen molar-refractivity contribution in [3.05, 3.63) is 59.7 Å². The third-order valence-electron chi connectivity index (χ3n) is 4.03. The molecule has 4 heteroatoms. The number of esters is 1. The summed E-state index contributed by atoms with van der Waals surface area (Å²) >= 11 is 0. The zero-order chi connectivity index (χ0) is 18.8. The second-order valence-corrected chi connectivity index (χ2v) is 6.23. The number of unbranched alkanes of at least 4 members (excludes halogenated alkanes) is 2. The van der Waals surface area contributed by atoms with Crippen LogP contribution >= 0.6 is 0 Å². The summed E-state index contributed by atoms with van der Waals surface area (Å²) in [6.45, 7) is 3.74. The Bertz CT molecular complexity index is 719. The molecule has 0 heterocycles. The minimum Gasteiger partial charge on any atom is -0.462 e. The predicted molar refractivity (Wildman–Crippen MR) is 102 cm³/mol. The van der Waals surface area contributed by atoms with Gasteiger partial charge < -0.3 is 14.3 Å². The van der Waals surface area contributed by atoms with E-state index in [0.29, 0.717) is 30.1 Å². The van der Waals surface area contributed by atoms with Gasteiger partial charge in [0.25, 0.3) is 0 Å². The Balaban J connectivity index is 1.91. The first-order valence-electron chi connectivity index (χ1n) is 9.12. The van der Waals surface area contributed by atoms with Crippen LogP contribution in [-0.2, 0) is 16.0 Å². The maximum absolute atomic E-state index is 12.0. The van der Waals surface area contributed by atoms with Crippen molar-refractivity contribution in [2.24, 2.45) is 0 Å². The van der Waals surface area contributed by atoms with Crippen LogP contribution in [-0.4, -0.2) is 18.4 Å². The van der Waals surface area contributed by atoms with Crippen LogP contribution in [0.15, 0.2) is 48.5 Å². The molecule has 26 heavy (non-hydrogen) atoms. The van der Waals surface area contributed by atoms with Gasteiger partial charge >= 0.3 is 5.97 Å². The number of benzene rings is 2. The first-order chi connectivity index (χ1) is 12.6. The summed E-state index contributed by atoms with van der Waals surface area (Å²) in [7, 11) is 0. The third kappa shape index (κ3) is 6.36. The van der Waals surface area contributed by atoms with Gasteiger partial charge in [-0.2, -0.15) is 0 Å². The number of hydrogen-bond donors (Lipinski definition) is 0. The van der Waals surface area contributed by atoms with Gasteiger partial charge in [-0.3, -0.25) is 0 Å². The fourth-order valence-corrected chi connectivity index (χ4v) is 2.66. The van der Waals surface area contributed by atoms with E-state index in [2.05, 4.69) is 0 Å². The molecular formula is C22H26O4. The molecule has 2 aromatic rings. The van der Waals surface area contributed by atoms with E-state index in [9.17, 15) is 9.59 Å². The fraction of sp³-hybridized carbons (Fsp3) is 0.364. The van der Waals surface area contributed by atoms with Crippen molar-refractivity contribution >= 4 is 11.8 Å². The summed E-state index contributed by atoms with van der Waals surface area (Å²) in [6, 6.07) is 15.0. The van der Waals surface area contributed by atoms with Crippen LogP contribution in [0.5, 0.6) is 11.5 Å². The quantitative estimate of drug-likeness (QED) is 0.426. The smallest absolute Gasteiger partial charge is 0.341 e. The minimum absolute atomic E-state index is 0.259. The van der Waals surface area contributed by atoms with E-state index in [4.69, 9.17) is 9.47 Å². The number of ether oxygens (including phenoxy) is 2. The van der Waals surface area contributed by atoms with Gasteiger partial charge in [0.2, 0.25) is 0 Å². The third-order valence-corrected chi connectivity index (χ3v) is 4.03. The van der Waals surface area contributed by atoms with E-state index >= 15 is 0 Å². The van der Waals surface area contributed by atoms with E-state index in [1.165, 1.54) is 5.56 Å². The number of Topliss-reactive ketones (excluding diaryl/α,β-unsaturated/α-hetero) is 1. The molecule has 4 nitrogen and oxygen atoms in total. The van der Waals surface area contributed by atoms with Crippen LogP contribution in [0.25, 0.3) is 0 Å². The maximum atomic E-state index is 12.0. The van der Waals surface area contributed by atoms with Crippen LogP contribution in [0, 0.1) is 0 Å². The van der Waals surface area contributed by atoms with Gasteiger partial charge in [-0.25, -0.2) is 4.79 Å². The van der Waals surface area contributed by atoms with Crippen LogP contribution in [0.1, 0.15) is 55.5 Å². The number of para-hydroxylation sites is 1. The highest BCUT2D eigenvalue weighted by Gasteiger charge is 2.13. The molecule has 0 aliphatic rings. The van der Waals surface area contributed by atoms with Gasteiger partial charge in [0.15, 0.2) is 0 Å². The molecule has 0 radical (unpaired) electrons. The van der Waals surface area contributed by atoms with E-state index < -0.39 is 0 Å². The van der Waals surface area contributed by atoms with Gasteiger partial charge in [0, 0.05) is 6.42 Å². The molecular weight excluding hydrogens is 328 g/mol. The Morgan fingerprint density at radius 2 is 1.65 bits per heavy atom. The summed E-state index contributed by atoms with van der Waals surface area (Å²) in [5.74, 6) is 1.05. The molecule has 0 saturated carbocycles. The second kappa shape index (κ2) is 10.4. The zero-order valence-corrected chi connectivity index (χ0v) is 15.5. The summed E-state index contributed by atoms with van der Waals surface area (Å²) in [6.07, 6.45) is 4.75. The summed E-state index contributed by atoms with van der Waals surface area (Å²) in [5, 5.41) is 0. The lowest BCUT2D eigenvalue weighted by molar-refractivity contribution is -0.117. The van der Waals surface area contributed by atoms with Gasteiger partial charge in [0.05, 0.1) is 6.61 Å². The van der Waals surface area contributed by atoms with Gasteiger partial charge in [0.1, 0.15) is 22.8 Å². The van der Waals surface area contributed by atoms with E-state index in [1.807, 2.05) is 30.3 Å². The van der Waals surface area contributed by atoms with Gasteiger partial charge in [-0.15, -0.1) is 0 Å². The molecule has 0 fully saturated rings. The van der Waals surface area contributed by atoms with Crippen LogP contribution in [0.3, 0.4) is 0 Å². The Morgan fingerprint density at radius 1 is 0.923 bits per heavy atom. The Hall–Kier alpha value is -2.62. The average Bonchev–Trinajstić information content (AvgIpc) is 2.63. The van der Waals surface area contributed by atoms with Crippen LogP contribution < -0.4 is 4.74 Å². The Morgan fingerprint density at radius 3 is 2.35 bits per heavy atom. The first-order valence-corrected chi connectivity index (χ1v) is 9.12. The highest BCUT2D eigenvalue weighted by molar-refractivity contribution is 5.92. The van der Waals surface area contributed by atoms with Gasteiger partial charge in [-0.1, -0.05) is 30.7 Å². The Labute approximate surface area is 155 Å². The minimum atomic E-state index is -0.384. The standard InChI is InChI=1S/C22H26O4/c1-3-25-22(24)20-11-7-8-12-21(20)26-19-15-13-18(14-16-19)10-6-4-5-9-17(2)23/h7-8,11-16H,3-6,9-10H2,1-2H3. The molecule has 2 aromatic carbocycles. The maximum Gasteiger partial charge on any atom is 0.341 e. The van der Waals surface area contributed by atoms with Crippen LogP contribution in [0.2, 0.25) is 0 Å². The molecule has 0 aliphatic carbocycles. The molecule has 138 valence electrons. The van der Waals surface area contributed by atoms with Crippen molar-refractivity contribution in [2.45, 2.75) is 46.0 Å². The fourth-order valence-electron chi connectivity index (χ4n) is 2.66. The molecule has 0 aliphatic heterocycles. The van der Waals surface area contributed by atoms with E-state index in [-0.39, 0.29) is 11.8 Å². The SMILES string of the molecule is CCOC(=O)c1ccccc1Oc1ccc(CCCCCC(C)=O)cc1. The molecule has 0 spiro atoms. The average molecular weight is 354 g/mol. The van der Waals surface area contributed by atoms with E-state index in [0.717, 1.165) is 25.7 Å². The highest BCUT2D eigenvalue weighted by Crippen LogP contribution is 2.26. The number of carbonyl (C=O) groups excluding carboxylic acids is 2. The monoisotopic (exact) mass is 354 g/mol. The number of ketones is 1. The van der Waals surface area contributed by atoms with Crippen molar-refractivity contribution in [1.82, 2.24) is 0 Å². The summed E-state index contributed by atoms with van der Waals surface area (Å²) in [4.78, 5) is 22.9. The van der Waals surface area contributed by atoms with Crippen molar-refractivity contribution in [3.8, 4) is 11.5 Å². The summed E-state index contributed by atoms with van der Waals surface area (Å²) in [5.41, 5.74) is 1.66. The van der Waals surface area contributed by atoms with Crippen molar-refractivity contribution in [1.29, 1.82) is 0 Å². The number of carbonyl (C=O) groups is 2. The largest absolute Gasteiger partial charge is 0.462 e. The van der Waals surface area contributed by atoms with Gasteiger partial charge in [-0.05, 0) is 62.9 Å². The summed E-state index contributed by atoms with van der Waals surface area (Å²) < 4.78 is 10.9. The van der Waals surface area contributed by atoms with Crippen LogP contribution in [0.4, 0.5) is 0 Å². The molecule has 0 bridgehead atoms.